The zero-order chi connectivity index (χ0) is 17.8. The fourth-order valence-corrected chi connectivity index (χ4v) is 3.66. The Morgan fingerprint density at radius 3 is 2.72 bits per heavy atom. The molecule has 3 rings (SSSR count). The van der Waals surface area contributed by atoms with Gasteiger partial charge in [-0.05, 0) is 6.92 Å². The van der Waals surface area contributed by atoms with Gasteiger partial charge in [0.1, 0.15) is 0 Å². The number of aromatic nitrogens is 2. The number of imidazole rings is 1. The third-order valence-electron chi connectivity index (χ3n) is 4.28. The van der Waals surface area contributed by atoms with Gasteiger partial charge in [0, 0.05) is 56.4 Å². The normalized spacial score (nSPS) is 11.2. The Kier molecular flexibility index (Phi) is 5.50. The number of rotatable bonds is 7. The van der Waals surface area contributed by atoms with Crippen molar-refractivity contribution in [3.63, 3.8) is 0 Å². The highest BCUT2D eigenvalue weighted by Crippen LogP contribution is 2.24. The van der Waals surface area contributed by atoms with E-state index >= 15 is 0 Å². The summed E-state index contributed by atoms with van der Waals surface area (Å²) < 4.78 is 7.22. The molecular weight excluding hydrogens is 334 g/mol. The van der Waals surface area contributed by atoms with Crippen LogP contribution in [0.3, 0.4) is 0 Å². The SMILES string of the molecule is COCCN(CCc1csc2nc(-c3ccc(C)cc3)cn12)C(C)=O. The van der Waals surface area contributed by atoms with Crippen molar-refractivity contribution in [2.24, 2.45) is 0 Å². The number of carbonyl (C=O) groups excluding carboxylic acids is 1. The predicted molar refractivity (Wildman–Crippen MR) is 101 cm³/mol. The maximum atomic E-state index is 11.7. The van der Waals surface area contributed by atoms with Crippen LogP contribution < -0.4 is 0 Å². The lowest BCUT2D eigenvalue weighted by atomic mass is 10.1. The van der Waals surface area contributed by atoms with Gasteiger partial charge in [-0.2, -0.15) is 0 Å². The molecule has 0 spiro atoms. The lowest BCUT2D eigenvalue weighted by Crippen LogP contribution is -2.33. The summed E-state index contributed by atoms with van der Waals surface area (Å²) in [6, 6.07) is 8.40. The van der Waals surface area contributed by atoms with Gasteiger partial charge in [0.2, 0.25) is 5.91 Å². The molecule has 1 aromatic carbocycles. The molecule has 132 valence electrons. The standard InChI is InChI=1S/C19H23N3O2S/c1-14-4-6-16(7-5-14)18-12-22-17(13-25-19(22)20-18)8-9-21(15(2)23)10-11-24-3/h4-7,12-13H,8-11H2,1-3H3. The van der Waals surface area contributed by atoms with E-state index in [1.807, 2.05) is 4.90 Å². The molecule has 2 aromatic heterocycles. The van der Waals surface area contributed by atoms with Crippen LogP contribution in [0.15, 0.2) is 35.8 Å². The van der Waals surface area contributed by atoms with Gasteiger partial charge in [0.25, 0.3) is 0 Å². The highest BCUT2D eigenvalue weighted by molar-refractivity contribution is 7.15. The van der Waals surface area contributed by atoms with E-state index in [0.29, 0.717) is 19.7 Å². The van der Waals surface area contributed by atoms with E-state index in [2.05, 4.69) is 47.2 Å². The maximum Gasteiger partial charge on any atom is 0.219 e. The minimum Gasteiger partial charge on any atom is -0.383 e. The number of hydrogen-bond acceptors (Lipinski definition) is 4. The van der Waals surface area contributed by atoms with Crippen LogP contribution in [-0.4, -0.2) is 47.0 Å². The summed E-state index contributed by atoms with van der Waals surface area (Å²) in [6.45, 7) is 5.55. The predicted octanol–water partition coefficient (Wildman–Crippen LogP) is 3.41. The summed E-state index contributed by atoms with van der Waals surface area (Å²) in [5, 5.41) is 2.12. The quantitative estimate of drug-likeness (QED) is 0.651. The molecule has 0 aliphatic carbocycles. The third-order valence-corrected chi connectivity index (χ3v) is 5.17. The van der Waals surface area contributed by atoms with Crippen LogP contribution in [0.4, 0.5) is 0 Å². The number of amides is 1. The minimum atomic E-state index is 0.0782. The van der Waals surface area contributed by atoms with E-state index in [1.165, 1.54) is 11.3 Å². The van der Waals surface area contributed by atoms with Crippen molar-refractivity contribution in [2.75, 3.05) is 26.8 Å². The van der Waals surface area contributed by atoms with Crippen molar-refractivity contribution in [3.8, 4) is 11.3 Å². The number of benzene rings is 1. The van der Waals surface area contributed by atoms with E-state index in [0.717, 1.165) is 22.6 Å². The summed E-state index contributed by atoms with van der Waals surface area (Å²) >= 11 is 1.63. The first kappa shape index (κ1) is 17.6. The van der Waals surface area contributed by atoms with Gasteiger partial charge >= 0.3 is 0 Å². The molecule has 0 atom stereocenters. The number of carbonyl (C=O) groups is 1. The van der Waals surface area contributed by atoms with Crippen LogP contribution in [0.25, 0.3) is 16.2 Å². The van der Waals surface area contributed by atoms with Crippen LogP contribution in [0.5, 0.6) is 0 Å². The van der Waals surface area contributed by atoms with Crippen LogP contribution in [-0.2, 0) is 16.0 Å². The van der Waals surface area contributed by atoms with Crippen molar-refractivity contribution in [1.82, 2.24) is 14.3 Å². The van der Waals surface area contributed by atoms with Gasteiger partial charge in [-0.3, -0.25) is 9.20 Å². The average molecular weight is 357 g/mol. The van der Waals surface area contributed by atoms with Crippen molar-refractivity contribution in [1.29, 1.82) is 0 Å². The molecular formula is C19H23N3O2S. The fourth-order valence-electron chi connectivity index (χ4n) is 2.75. The number of thiazole rings is 1. The molecule has 0 fully saturated rings. The van der Waals surface area contributed by atoms with E-state index < -0.39 is 0 Å². The molecule has 1 amide bonds. The minimum absolute atomic E-state index is 0.0782. The molecule has 25 heavy (non-hydrogen) atoms. The first-order chi connectivity index (χ1) is 12.1. The summed E-state index contributed by atoms with van der Waals surface area (Å²) in [4.78, 5) is 19.3. The first-order valence-electron chi connectivity index (χ1n) is 8.35. The van der Waals surface area contributed by atoms with Gasteiger partial charge in [-0.15, -0.1) is 11.3 Å². The Balaban J connectivity index is 1.76. The largest absolute Gasteiger partial charge is 0.383 e. The van der Waals surface area contributed by atoms with Gasteiger partial charge in [0.15, 0.2) is 4.96 Å². The van der Waals surface area contributed by atoms with Crippen molar-refractivity contribution in [2.45, 2.75) is 20.3 Å². The van der Waals surface area contributed by atoms with Gasteiger partial charge < -0.3 is 9.64 Å². The molecule has 6 heteroatoms. The number of methoxy groups -OCH3 is 1. The van der Waals surface area contributed by atoms with E-state index in [1.54, 1.807) is 25.4 Å². The van der Waals surface area contributed by atoms with Gasteiger partial charge in [0.05, 0.1) is 12.3 Å². The number of fused-ring (bicyclic) bond motifs is 1. The zero-order valence-corrected chi connectivity index (χ0v) is 15.7. The molecule has 0 radical (unpaired) electrons. The first-order valence-corrected chi connectivity index (χ1v) is 9.23. The van der Waals surface area contributed by atoms with Crippen molar-refractivity contribution >= 4 is 22.2 Å². The summed E-state index contributed by atoms with van der Waals surface area (Å²) in [5.74, 6) is 0.0782. The Bertz CT molecular complexity index is 851. The van der Waals surface area contributed by atoms with Crippen LogP contribution in [0, 0.1) is 6.92 Å². The molecule has 0 aliphatic heterocycles. The molecule has 0 saturated heterocycles. The fraction of sp³-hybridized carbons (Fsp3) is 0.368. The Hall–Kier alpha value is -2.18. The topological polar surface area (TPSA) is 46.8 Å². The second-order valence-corrected chi connectivity index (χ2v) is 6.96. The summed E-state index contributed by atoms with van der Waals surface area (Å²) in [5.41, 5.74) is 4.52. The molecule has 3 aromatic rings. The average Bonchev–Trinajstić information content (AvgIpc) is 3.16. The van der Waals surface area contributed by atoms with Gasteiger partial charge in [-0.25, -0.2) is 4.98 Å². The number of hydrogen-bond donors (Lipinski definition) is 0. The number of aryl methyl sites for hydroxylation is 1. The van der Waals surface area contributed by atoms with Crippen LogP contribution >= 0.6 is 11.3 Å². The Morgan fingerprint density at radius 1 is 1.28 bits per heavy atom. The molecule has 0 aliphatic rings. The Morgan fingerprint density at radius 2 is 2.04 bits per heavy atom. The molecule has 2 heterocycles. The highest BCUT2D eigenvalue weighted by atomic mass is 32.1. The monoisotopic (exact) mass is 357 g/mol. The molecule has 0 bridgehead atoms. The smallest absolute Gasteiger partial charge is 0.219 e. The molecule has 0 unspecified atom stereocenters. The van der Waals surface area contributed by atoms with Crippen LogP contribution in [0.1, 0.15) is 18.2 Å². The second kappa shape index (κ2) is 7.80. The molecule has 5 nitrogen and oxygen atoms in total. The lowest BCUT2D eigenvalue weighted by molar-refractivity contribution is -0.129. The molecule has 0 saturated carbocycles. The molecule has 0 N–H and O–H groups in total. The zero-order valence-electron chi connectivity index (χ0n) is 14.9. The van der Waals surface area contributed by atoms with E-state index in [4.69, 9.17) is 9.72 Å². The number of ether oxygens (including phenoxy) is 1. The number of nitrogens with zero attached hydrogens (tertiary/aromatic N) is 3. The maximum absolute atomic E-state index is 11.7. The Labute approximate surface area is 151 Å². The van der Waals surface area contributed by atoms with Crippen molar-refractivity contribution < 1.29 is 9.53 Å². The van der Waals surface area contributed by atoms with Crippen LogP contribution in [0.2, 0.25) is 0 Å². The second-order valence-electron chi connectivity index (χ2n) is 6.12. The summed E-state index contributed by atoms with van der Waals surface area (Å²) in [7, 11) is 1.65. The third kappa shape index (κ3) is 4.08. The van der Waals surface area contributed by atoms with Crippen molar-refractivity contribution in [3.05, 3.63) is 47.1 Å². The lowest BCUT2D eigenvalue weighted by Gasteiger charge is -2.20. The van der Waals surface area contributed by atoms with Gasteiger partial charge in [-0.1, -0.05) is 29.8 Å². The summed E-state index contributed by atoms with van der Waals surface area (Å²) in [6.07, 6.45) is 2.88. The van der Waals surface area contributed by atoms with E-state index in [-0.39, 0.29) is 5.91 Å². The van der Waals surface area contributed by atoms with E-state index in [9.17, 15) is 4.79 Å². The highest BCUT2D eigenvalue weighted by Gasteiger charge is 2.13.